The molecule has 1 fully saturated rings. The smallest absolute Gasteiger partial charge is 0.253 e. The summed E-state index contributed by atoms with van der Waals surface area (Å²) in [6, 6.07) is 16.0. The number of hydrogen-bond acceptors (Lipinski definition) is 4. The normalized spacial score (nSPS) is 14.9. The molecule has 31 heavy (non-hydrogen) atoms. The van der Waals surface area contributed by atoms with Crippen LogP contribution in [0.3, 0.4) is 0 Å². The second-order valence-corrected chi connectivity index (χ2v) is 9.90. The number of para-hydroxylation sites is 1. The summed E-state index contributed by atoms with van der Waals surface area (Å²) >= 11 is 0. The van der Waals surface area contributed by atoms with Crippen molar-refractivity contribution in [2.75, 3.05) is 18.1 Å². The van der Waals surface area contributed by atoms with Crippen LogP contribution in [0.2, 0.25) is 0 Å². The summed E-state index contributed by atoms with van der Waals surface area (Å²) in [5, 5.41) is 5.76. The predicted octanol–water partition coefficient (Wildman–Crippen LogP) is 3.15. The zero-order valence-electron chi connectivity index (χ0n) is 17.7. The Labute approximate surface area is 183 Å². The molecule has 0 aliphatic heterocycles. The first-order chi connectivity index (χ1) is 14.8. The molecule has 0 atom stereocenters. The van der Waals surface area contributed by atoms with Crippen molar-refractivity contribution in [2.45, 2.75) is 44.7 Å². The molecule has 1 aliphatic carbocycles. The summed E-state index contributed by atoms with van der Waals surface area (Å²) in [5.74, 6) is -0.730. The van der Waals surface area contributed by atoms with Gasteiger partial charge in [-0.1, -0.05) is 61.7 Å². The van der Waals surface area contributed by atoms with E-state index in [-0.39, 0.29) is 25.0 Å². The van der Waals surface area contributed by atoms with Gasteiger partial charge in [0.15, 0.2) is 0 Å². The Balaban J connectivity index is 1.68. The summed E-state index contributed by atoms with van der Waals surface area (Å²) in [4.78, 5) is 25.4. The number of carbonyl (C=O) groups is 2. The highest BCUT2D eigenvalue weighted by Crippen LogP contribution is 2.20. The summed E-state index contributed by atoms with van der Waals surface area (Å²) < 4.78 is 25.5. The number of sulfonamides is 1. The van der Waals surface area contributed by atoms with Crippen molar-refractivity contribution >= 4 is 27.5 Å². The molecule has 0 radical (unpaired) electrons. The van der Waals surface area contributed by atoms with E-state index in [0.29, 0.717) is 11.3 Å². The number of amides is 2. The van der Waals surface area contributed by atoms with Crippen LogP contribution in [0, 0.1) is 0 Å². The van der Waals surface area contributed by atoms with Crippen LogP contribution >= 0.6 is 0 Å². The number of carbonyl (C=O) groups excluding carboxylic acids is 2. The molecule has 2 amide bonds. The van der Waals surface area contributed by atoms with Crippen LogP contribution < -0.4 is 10.6 Å². The maximum atomic E-state index is 12.8. The van der Waals surface area contributed by atoms with E-state index in [4.69, 9.17) is 0 Å². The first kappa shape index (κ1) is 23.0. The van der Waals surface area contributed by atoms with E-state index >= 15 is 0 Å². The lowest BCUT2D eigenvalue weighted by Gasteiger charge is -2.23. The van der Waals surface area contributed by atoms with Gasteiger partial charge in [-0.05, 0) is 30.5 Å². The number of rotatable bonds is 8. The van der Waals surface area contributed by atoms with Gasteiger partial charge in [-0.2, -0.15) is 4.31 Å². The lowest BCUT2D eigenvalue weighted by molar-refractivity contribution is -0.116. The number of nitrogens with zero attached hydrogens (tertiary/aromatic N) is 1. The molecule has 0 spiro atoms. The van der Waals surface area contributed by atoms with Crippen LogP contribution in [0.4, 0.5) is 5.69 Å². The maximum Gasteiger partial charge on any atom is 0.253 e. The molecule has 3 rings (SSSR count). The average Bonchev–Trinajstić information content (AvgIpc) is 2.74. The molecule has 0 aromatic heterocycles. The fourth-order valence-electron chi connectivity index (χ4n) is 3.73. The largest absolute Gasteiger partial charge is 0.349 e. The van der Waals surface area contributed by atoms with Crippen LogP contribution in [0.15, 0.2) is 54.6 Å². The predicted molar refractivity (Wildman–Crippen MR) is 121 cm³/mol. The molecular weight excluding hydrogens is 414 g/mol. The van der Waals surface area contributed by atoms with Gasteiger partial charge in [-0.25, -0.2) is 8.42 Å². The van der Waals surface area contributed by atoms with Crippen molar-refractivity contribution < 1.29 is 18.0 Å². The Morgan fingerprint density at radius 2 is 1.61 bits per heavy atom. The van der Waals surface area contributed by atoms with Gasteiger partial charge in [0.1, 0.15) is 0 Å². The lowest BCUT2D eigenvalue weighted by Crippen LogP contribution is -2.38. The number of anilines is 1. The molecule has 1 aliphatic rings. The first-order valence-electron chi connectivity index (χ1n) is 10.5. The van der Waals surface area contributed by atoms with E-state index in [9.17, 15) is 18.0 Å². The van der Waals surface area contributed by atoms with E-state index in [1.807, 2.05) is 18.2 Å². The molecule has 0 heterocycles. The zero-order chi connectivity index (χ0) is 22.3. The number of nitrogens with one attached hydrogen (secondary N) is 2. The van der Waals surface area contributed by atoms with Crippen LogP contribution in [0.5, 0.6) is 0 Å². The van der Waals surface area contributed by atoms with Crippen molar-refractivity contribution in [2.24, 2.45) is 0 Å². The third-order valence-electron chi connectivity index (χ3n) is 5.38. The number of benzene rings is 2. The topological polar surface area (TPSA) is 95.6 Å². The Morgan fingerprint density at radius 3 is 2.29 bits per heavy atom. The molecule has 0 unspecified atom stereocenters. The van der Waals surface area contributed by atoms with Crippen LogP contribution in [0.1, 0.15) is 48.0 Å². The summed E-state index contributed by atoms with van der Waals surface area (Å²) in [6.07, 6.45) is 6.40. The quantitative estimate of drug-likeness (QED) is 0.655. The molecule has 2 aromatic carbocycles. The Hall–Kier alpha value is -2.71. The maximum absolute atomic E-state index is 12.8. The molecule has 0 bridgehead atoms. The van der Waals surface area contributed by atoms with Gasteiger partial charge >= 0.3 is 0 Å². The summed E-state index contributed by atoms with van der Waals surface area (Å²) in [6.45, 7) is -0.247. The third kappa shape index (κ3) is 6.90. The van der Waals surface area contributed by atoms with Crippen LogP contribution in [-0.2, 0) is 21.4 Å². The van der Waals surface area contributed by atoms with Gasteiger partial charge in [0.2, 0.25) is 15.9 Å². The van der Waals surface area contributed by atoms with Crippen molar-refractivity contribution in [3.8, 4) is 0 Å². The second kappa shape index (κ2) is 10.5. The molecule has 166 valence electrons. The Kier molecular flexibility index (Phi) is 7.81. The van der Waals surface area contributed by atoms with Gasteiger partial charge in [-0.3, -0.25) is 9.59 Å². The summed E-state index contributed by atoms with van der Waals surface area (Å²) in [7, 11) is -3.60. The minimum absolute atomic E-state index is 0.0942. The molecule has 8 heteroatoms. The molecule has 2 aromatic rings. The van der Waals surface area contributed by atoms with Crippen molar-refractivity contribution in [1.29, 1.82) is 0 Å². The standard InChI is InChI=1S/C23H29N3O4S/c1-31(29,30)26(16-18-10-4-2-5-11-18)17-22(27)25-21-15-9-8-14-20(21)23(28)24-19-12-6-3-7-13-19/h2,4-5,8-11,14-15,19H,3,6-7,12-13,16-17H2,1H3,(H,24,28)(H,25,27). The van der Waals surface area contributed by atoms with E-state index in [1.54, 1.807) is 36.4 Å². The molecule has 7 nitrogen and oxygen atoms in total. The fraction of sp³-hybridized carbons (Fsp3) is 0.391. The molecule has 0 saturated heterocycles. The average molecular weight is 444 g/mol. The van der Waals surface area contributed by atoms with E-state index in [1.165, 1.54) is 6.42 Å². The van der Waals surface area contributed by atoms with Gasteiger partial charge in [-0.15, -0.1) is 0 Å². The second-order valence-electron chi connectivity index (χ2n) is 7.92. The van der Waals surface area contributed by atoms with Gasteiger partial charge in [0.05, 0.1) is 24.1 Å². The lowest BCUT2D eigenvalue weighted by atomic mass is 9.95. The zero-order valence-corrected chi connectivity index (χ0v) is 18.5. The van der Waals surface area contributed by atoms with E-state index in [2.05, 4.69) is 10.6 Å². The van der Waals surface area contributed by atoms with E-state index in [0.717, 1.165) is 41.8 Å². The highest BCUT2D eigenvalue weighted by molar-refractivity contribution is 7.88. The summed E-state index contributed by atoms with van der Waals surface area (Å²) in [5.41, 5.74) is 1.53. The van der Waals surface area contributed by atoms with Gasteiger partial charge in [0, 0.05) is 12.6 Å². The monoisotopic (exact) mass is 443 g/mol. The Bertz CT molecular complexity index is 1000. The van der Waals surface area contributed by atoms with Gasteiger partial charge in [0.25, 0.3) is 5.91 Å². The minimum atomic E-state index is -3.60. The van der Waals surface area contributed by atoms with Crippen molar-refractivity contribution in [3.05, 3.63) is 65.7 Å². The number of hydrogen-bond donors (Lipinski definition) is 2. The first-order valence-corrected chi connectivity index (χ1v) is 12.4. The van der Waals surface area contributed by atoms with Crippen molar-refractivity contribution in [3.63, 3.8) is 0 Å². The highest BCUT2D eigenvalue weighted by atomic mass is 32.2. The van der Waals surface area contributed by atoms with E-state index < -0.39 is 15.9 Å². The minimum Gasteiger partial charge on any atom is -0.349 e. The SMILES string of the molecule is CS(=O)(=O)N(CC(=O)Nc1ccccc1C(=O)NC1CCCCC1)Cc1ccccc1. The third-order valence-corrected chi connectivity index (χ3v) is 6.57. The fourth-order valence-corrected chi connectivity index (χ4v) is 4.46. The molecular formula is C23H29N3O4S. The van der Waals surface area contributed by atoms with Crippen LogP contribution in [-0.4, -0.2) is 43.4 Å². The molecule has 1 saturated carbocycles. The van der Waals surface area contributed by atoms with Crippen molar-refractivity contribution in [1.82, 2.24) is 9.62 Å². The Morgan fingerprint density at radius 1 is 0.968 bits per heavy atom. The highest BCUT2D eigenvalue weighted by Gasteiger charge is 2.23. The van der Waals surface area contributed by atoms with Gasteiger partial charge < -0.3 is 10.6 Å². The molecule has 2 N–H and O–H groups in total. The van der Waals surface area contributed by atoms with Crippen LogP contribution in [0.25, 0.3) is 0 Å².